The first-order valence-corrected chi connectivity index (χ1v) is 7.26. The molecule has 94 valence electrons. The van der Waals surface area contributed by atoms with E-state index in [1.54, 1.807) is 0 Å². The number of fused-ring (bicyclic) bond motifs is 1. The molecule has 0 radical (unpaired) electrons. The van der Waals surface area contributed by atoms with Crippen LogP contribution in [-0.4, -0.2) is 5.78 Å². The molecular weight excluding hydrogens is 252 g/mol. The number of Topliss-reactive ketones (excluding diaryl/α,β-unsaturated/α-hetero) is 1. The summed E-state index contributed by atoms with van der Waals surface area (Å²) in [7, 11) is 0. The Balaban J connectivity index is 1.81. The SMILES string of the molecule is O=C(CCc1cccc2ccccc12)c1cccs1. The van der Waals surface area contributed by atoms with Crippen LogP contribution in [0.4, 0.5) is 0 Å². The van der Waals surface area contributed by atoms with Gasteiger partial charge in [-0.3, -0.25) is 4.79 Å². The quantitative estimate of drug-likeness (QED) is 0.625. The second kappa shape index (κ2) is 5.37. The minimum atomic E-state index is 0.239. The molecule has 0 saturated heterocycles. The number of rotatable bonds is 4. The van der Waals surface area contributed by atoms with Crippen molar-refractivity contribution in [1.82, 2.24) is 0 Å². The van der Waals surface area contributed by atoms with Crippen molar-refractivity contribution in [2.75, 3.05) is 0 Å². The maximum absolute atomic E-state index is 12.0. The normalized spacial score (nSPS) is 10.7. The average molecular weight is 266 g/mol. The highest BCUT2D eigenvalue weighted by Crippen LogP contribution is 2.21. The lowest BCUT2D eigenvalue weighted by Crippen LogP contribution is -1.99. The van der Waals surface area contributed by atoms with Crippen LogP contribution in [0.3, 0.4) is 0 Å². The highest BCUT2D eigenvalue weighted by Gasteiger charge is 2.08. The molecule has 3 rings (SSSR count). The van der Waals surface area contributed by atoms with Gasteiger partial charge < -0.3 is 0 Å². The lowest BCUT2D eigenvalue weighted by Gasteiger charge is -2.05. The molecule has 0 aliphatic heterocycles. The number of carbonyl (C=O) groups is 1. The zero-order valence-electron chi connectivity index (χ0n) is 10.5. The number of ketones is 1. The van der Waals surface area contributed by atoms with Crippen molar-refractivity contribution >= 4 is 27.9 Å². The van der Waals surface area contributed by atoms with Crippen LogP contribution in [0.2, 0.25) is 0 Å². The number of hydrogen-bond acceptors (Lipinski definition) is 2. The van der Waals surface area contributed by atoms with E-state index in [-0.39, 0.29) is 5.78 Å². The van der Waals surface area contributed by atoms with Crippen molar-refractivity contribution in [3.05, 3.63) is 70.4 Å². The maximum atomic E-state index is 12.0. The van der Waals surface area contributed by atoms with Gasteiger partial charge >= 0.3 is 0 Å². The standard InChI is InChI=1S/C17H14OS/c18-16(17-9-4-12-19-17)11-10-14-7-3-6-13-5-1-2-8-15(13)14/h1-9,12H,10-11H2. The molecule has 1 heterocycles. The molecule has 2 heteroatoms. The second-order valence-corrected chi connectivity index (χ2v) is 5.49. The van der Waals surface area contributed by atoms with E-state index in [0.29, 0.717) is 6.42 Å². The zero-order valence-corrected chi connectivity index (χ0v) is 11.3. The molecule has 0 bridgehead atoms. The minimum Gasteiger partial charge on any atom is -0.293 e. The summed E-state index contributed by atoms with van der Waals surface area (Å²) in [5, 5.41) is 4.44. The first kappa shape index (κ1) is 12.1. The van der Waals surface area contributed by atoms with Gasteiger partial charge in [0.25, 0.3) is 0 Å². The van der Waals surface area contributed by atoms with Crippen LogP contribution in [0.1, 0.15) is 21.7 Å². The van der Waals surface area contributed by atoms with Crippen LogP contribution in [0.25, 0.3) is 10.8 Å². The monoisotopic (exact) mass is 266 g/mol. The second-order valence-electron chi connectivity index (χ2n) is 4.54. The van der Waals surface area contributed by atoms with Crippen molar-refractivity contribution < 1.29 is 4.79 Å². The Hall–Kier alpha value is -1.93. The average Bonchev–Trinajstić information content (AvgIpc) is 2.99. The molecule has 19 heavy (non-hydrogen) atoms. The van der Waals surface area contributed by atoms with Gasteiger partial charge in [0.1, 0.15) is 0 Å². The fourth-order valence-electron chi connectivity index (χ4n) is 2.32. The summed E-state index contributed by atoms with van der Waals surface area (Å²) in [5.74, 6) is 0.239. The van der Waals surface area contributed by atoms with Gasteiger partial charge in [-0.05, 0) is 34.2 Å². The van der Waals surface area contributed by atoms with Crippen LogP contribution in [-0.2, 0) is 6.42 Å². The van der Waals surface area contributed by atoms with Crippen LogP contribution in [0, 0.1) is 0 Å². The van der Waals surface area contributed by atoms with Gasteiger partial charge in [0.2, 0.25) is 0 Å². The smallest absolute Gasteiger partial charge is 0.173 e. The van der Waals surface area contributed by atoms with Crippen molar-refractivity contribution in [2.45, 2.75) is 12.8 Å². The summed E-state index contributed by atoms with van der Waals surface area (Å²) in [6, 6.07) is 18.4. The molecule has 0 saturated carbocycles. The summed E-state index contributed by atoms with van der Waals surface area (Å²) >= 11 is 1.52. The van der Waals surface area contributed by atoms with E-state index in [0.717, 1.165) is 11.3 Å². The van der Waals surface area contributed by atoms with Gasteiger partial charge in [0.15, 0.2) is 5.78 Å². The van der Waals surface area contributed by atoms with Crippen molar-refractivity contribution in [1.29, 1.82) is 0 Å². The van der Waals surface area contributed by atoms with E-state index in [4.69, 9.17) is 0 Å². The lowest BCUT2D eigenvalue weighted by atomic mass is 10.00. The van der Waals surface area contributed by atoms with Crippen molar-refractivity contribution in [2.24, 2.45) is 0 Å². The Kier molecular flexibility index (Phi) is 3.43. The first-order chi connectivity index (χ1) is 9.34. The van der Waals surface area contributed by atoms with Gasteiger partial charge in [0.05, 0.1) is 4.88 Å². The van der Waals surface area contributed by atoms with E-state index in [1.807, 2.05) is 29.6 Å². The highest BCUT2D eigenvalue weighted by atomic mass is 32.1. The highest BCUT2D eigenvalue weighted by molar-refractivity contribution is 7.12. The largest absolute Gasteiger partial charge is 0.293 e. The van der Waals surface area contributed by atoms with E-state index >= 15 is 0 Å². The van der Waals surface area contributed by atoms with E-state index in [1.165, 1.54) is 27.7 Å². The molecule has 0 spiro atoms. The third-order valence-electron chi connectivity index (χ3n) is 3.30. The van der Waals surface area contributed by atoms with Crippen molar-refractivity contribution in [3.8, 4) is 0 Å². The van der Waals surface area contributed by atoms with Gasteiger partial charge in [-0.1, -0.05) is 48.5 Å². The molecule has 0 unspecified atom stereocenters. The Morgan fingerprint density at radius 2 is 1.79 bits per heavy atom. The summed E-state index contributed by atoms with van der Waals surface area (Å²) < 4.78 is 0. The van der Waals surface area contributed by atoms with Gasteiger partial charge in [-0.25, -0.2) is 0 Å². The molecule has 1 nitrogen and oxygen atoms in total. The van der Waals surface area contributed by atoms with Crippen LogP contribution >= 0.6 is 11.3 Å². The molecule has 0 aliphatic carbocycles. The molecule has 0 amide bonds. The van der Waals surface area contributed by atoms with E-state index in [2.05, 4.69) is 30.3 Å². The van der Waals surface area contributed by atoms with E-state index < -0.39 is 0 Å². The van der Waals surface area contributed by atoms with Crippen molar-refractivity contribution in [3.63, 3.8) is 0 Å². The Morgan fingerprint density at radius 3 is 2.63 bits per heavy atom. The Bertz CT molecular complexity index is 693. The summed E-state index contributed by atoms with van der Waals surface area (Å²) in [4.78, 5) is 12.9. The number of benzene rings is 2. The predicted molar refractivity (Wildman–Crippen MR) is 80.9 cm³/mol. The predicted octanol–water partition coefficient (Wildman–Crippen LogP) is 4.72. The third-order valence-corrected chi connectivity index (χ3v) is 4.21. The summed E-state index contributed by atoms with van der Waals surface area (Å²) in [6.07, 6.45) is 1.38. The van der Waals surface area contributed by atoms with Gasteiger partial charge in [0, 0.05) is 6.42 Å². The van der Waals surface area contributed by atoms with Crippen LogP contribution < -0.4 is 0 Å². The molecule has 0 aliphatic rings. The molecule has 2 aromatic carbocycles. The number of carbonyl (C=O) groups excluding carboxylic acids is 1. The van der Waals surface area contributed by atoms with E-state index in [9.17, 15) is 4.79 Å². The fourth-order valence-corrected chi connectivity index (χ4v) is 3.01. The fraction of sp³-hybridized carbons (Fsp3) is 0.118. The zero-order chi connectivity index (χ0) is 13.1. The Morgan fingerprint density at radius 1 is 0.947 bits per heavy atom. The van der Waals surface area contributed by atoms with Crippen LogP contribution in [0.5, 0.6) is 0 Å². The summed E-state index contributed by atoms with van der Waals surface area (Å²) in [5.41, 5.74) is 1.25. The molecular formula is C17H14OS. The third kappa shape index (κ3) is 2.59. The molecule has 0 fully saturated rings. The lowest BCUT2D eigenvalue weighted by molar-refractivity contribution is 0.0987. The first-order valence-electron chi connectivity index (χ1n) is 6.38. The van der Waals surface area contributed by atoms with Gasteiger partial charge in [-0.2, -0.15) is 0 Å². The number of aryl methyl sites for hydroxylation is 1. The number of thiophene rings is 1. The molecule has 0 atom stereocenters. The summed E-state index contributed by atoms with van der Waals surface area (Å²) in [6.45, 7) is 0. The molecule has 0 N–H and O–H groups in total. The van der Waals surface area contributed by atoms with Crippen LogP contribution in [0.15, 0.2) is 60.0 Å². The minimum absolute atomic E-state index is 0.239. The molecule has 3 aromatic rings. The maximum Gasteiger partial charge on any atom is 0.173 e. The van der Waals surface area contributed by atoms with Gasteiger partial charge in [-0.15, -0.1) is 11.3 Å². The number of hydrogen-bond donors (Lipinski definition) is 0. The molecule has 1 aromatic heterocycles. The topological polar surface area (TPSA) is 17.1 Å². The Labute approximate surface area is 116 Å².